The zero-order valence-corrected chi connectivity index (χ0v) is 13.6. The molecule has 0 saturated heterocycles. The Balaban J connectivity index is 1.98. The smallest absolute Gasteiger partial charge is 0.243 e. The molecule has 126 valence electrons. The number of nitrogens with one attached hydrogen (secondary N) is 2. The number of anilines is 1. The molecule has 1 aliphatic carbocycles. The summed E-state index contributed by atoms with van der Waals surface area (Å²) in [6, 6.07) is 3.26. The van der Waals surface area contributed by atoms with Gasteiger partial charge in [-0.3, -0.25) is 9.59 Å². The number of benzene rings is 1. The maximum Gasteiger partial charge on any atom is 0.243 e. The largest absolute Gasteiger partial charge is 0.493 e. The molecule has 0 radical (unpaired) electrons. The van der Waals surface area contributed by atoms with Crippen molar-refractivity contribution in [3.05, 3.63) is 12.1 Å². The van der Waals surface area contributed by atoms with E-state index in [0.717, 1.165) is 19.3 Å². The molecule has 2 N–H and O–H groups in total. The molecule has 7 nitrogen and oxygen atoms in total. The quantitative estimate of drug-likeness (QED) is 0.796. The zero-order valence-electron chi connectivity index (χ0n) is 13.6. The van der Waals surface area contributed by atoms with E-state index in [9.17, 15) is 9.59 Å². The van der Waals surface area contributed by atoms with Gasteiger partial charge in [0.05, 0.1) is 27.9 Å². The van der Waals surface area contributed by atoms with Crippen molar-refractivity contribution in [3.8, 4) is 17.2 Å². The standard InChI is InChI=1S/C16H22N2O5/c1-21-12-7-11(8-13(22-2)15(12)23-3)18-14(19)9-17-16(20)10-5-4-6-10/h7-8,10H,4-6,9H2,1-3H3,(H,17,20)(H,18,19). The van der Waals surface area contributed by atoms with Crippen LogP contribution in [0.2, 0.25) is 0 Å². The molecule has 1 saturated carbocycles. The summed E-state index contributed by atoms with van der Waals surface area (Å²) in [5.41, 5.74) is 0.502. The summed E-state index contributed by atoms with van der Waals surface area (Å²) in [5, 5.41) is 5.35. The Hall–Kier alpha value is -2.44. The number of hydrogen-bond acceptors (Lipinski definition) is 5. The molecule has 2 amide bonds. The second kappa shape index (κ2) is 7.71. The molecule has 1 aliphatic rings. The normalized spacial score (nSPS) is 13.7. The summed E-state index contributed by atoms with van der Waals surface area (Å²) in [6.07, 6.45) is 2.89. The fourth-order valence-electron chi connectivity index (χ4n) is 2.34. The predicted octanol–water partition coefficient (Wildman–Crippen LogP) is 1.57. The SMILES string of the molecule is COc1cc(NC(=O)CNC(=O)C2CCC2)cc(OC)c1OC. The molecule has 0 atom stereocenters. The Morgan fingerprint density at radius 3 is 2.13 bits per heavy atom. The highest BCUT2D eigenvalue weighted by Gasteiger charge is 2.25. The van der Waals surface area contributed by atoms with Gasteiger partial charge in [-0.25, -0.2) is 0 Å². The average Bonchev–Trinajstić information content (AvgIpc) is 2.50. The molecule has 0 aromatic heterocycles. The summed E-state index contributed by atoms with van der Waals surface area (Å²) in [5.74, 6) is 1.03. The van der Waals surface area contributed by atoms with Gasteiger partial charge in [0.25, 0.3) is 0 Å². The number of carbonyl (C=O) groups is 2. The van der Waals surface area contributed by atoms with Crippen LogP contribution < -0.4 is 24.8 Å². The third-order valence-corrected chi connectivity index (χ3v) is 3.85. The summed E-state index contributed by atoms with van der Waals surface area (Å²) < 4.78 is 15.7. The van der Waals surface area contributed by atoms with E-state index in [1.54, 1.807) is 12.1 Å². The van der Waals surface area contributed by atoms with Gasteiger partial charge >= 0.3 is 0 Å². The van der Waals surface area contributed by atoms with E-state index in [0.29, 0.717) is 22.9 Å². The van der Waals surface area contributed by atoms with E-state index in [1.165, 1.54) is 21.3 Å². The first-order chi connectivity index (χ1) is 11.1. The predicted molar refractivity (Wildman–Crippen MR) is 85.1 cm³/mol. The van der Waals surface area contributed by atoms with E-state index in [-0.39, 0.29) is 24.3 Å². The van der Waals surface area contributed by atoms with Crippen LogP contribution >= 0.6 is 0 Å². The van der Waals surface area contributed by atoms with Gasteiger partial charge in [-0.15, -0.1) is 0 Å². The molecule has 0 spiro atoms. The highest BCUT2D eigenvalue weighted by atomic mass is 16.5. The first-order valence-electron chi connectivity index (χ1n) is 7.46. The molecule has 23 heavy (non-hydrogen) atoms. The number of amides is 2. The van der Waals surface area contributed by atoms with E-state index in [2.05, 4.69) is 10.6 Å². The van der Waals surface area contributed by atoms with Crippen LogP contribution in [0.3, 0.4) is 0 Å². The molecule has 1 aromatic rings. The third-order valence-electron chi connectivity index (χ3n) is 3.85. The first kappa shape index (κ1) is 16.9. The maximum atomic E-state index is 12.0. The molecular weight excluding hydrogens is 300 g/mol. The molecule has 2 rings (SSSR count). The van der Waals surface area contributed by atoms with Crippen LogP contribution in [0.25, 0.3) is 0 Å². The minimum atomic E-state index is -0.313. The van der Waals surface area contributed by atoms with E-state index in [4.69, 9.17) is 14.2 Å². The number of ether oxygens (including phenoxy) is 3. The Morgan fingerprint density at radius 2 is 1.70 bits per heavy atom. The van der Waals surface area contributed by atoms with E-state index in [1.807, 2.05) is 0 Å². The minimum absolute atomic E-state index is 0.0590. The lowest BCUT2D eigenvalue weighted by molar-refractivity contribution is -0.129. The van der Waals surface area contributed by atoms with Crippen LogP contribution in [0.15, 0.2) is 12.1 Å². The van der Waals surface area contributed by atoms with Gasteiger partial charge in [-0.05, 0) is 12.8 Å². The highest BCUT2D eigenvalue weighted by Crippen LogP contribution is 2.39. The third kappa shape index (κ3) is 4.06. The molecule has 1 aromatic carbocycles. The van der Waals surface area contributed by atoms with Gasteiger partial charge in [0.15, 0.2) is 11.5 Å². The van der Waals surface area contributed by atoms with Crippen molar-refractivity contribution in [1.29, 1.82) is 0 Å². The number of carbonyl (C=O) groups excluding carboxylic acids is 2. The van der Waals surface area contributed by atoms with Crippen LogP contribution in [0.1, 0.15) is 19.3 Å². The minimum Gasteiger partial charge on any atom is -0.493 e. The van der Waals surface area contributed by atoms with Crippen molar-refractivity contribution in [2.75, 3.05) is 33.2 Å². The fraction of sp³-hybridized carbons (Fsp3) is 0.500. The van der Waals surface area contributed by atoms with E-state index >= 15 is 0 Å². The van der Waals surface area contributed by atoms with Crippen LogP contribution in [0.5, 0.6) is 17.2 Å². The molecule has 0 unspecified atom stereocenters. The monoisotopic (exact) mass is 322 g/mol. The Morgan fingerprint density at radius 1 is 1.09 bits per heavy atom. The second-order valence-corrected chi connectivity index (χ2v) is 5.31. The van der Waals surface area contributed by atoms with Gasteiger partial charge in [0.1, 0.15) is 0 Å². The van der Waals surface area contributed by atoms with Crippen LogP contribution in [0, 0.1) is 5.92 Å². The Labute approximate surface area is 135 Å². The number of rotatable bonds is 7. The topological polar surface area (TPSA) is 85.9 Å². The maximum absolute atomic E-state index is 12.0. The van der Waals surface area contributed by atoms with Crippen LogP contribution in [-0.4, -0.2) is 39.7 Å². The Bertz CT molecular complexity index is 559. The van der Waals surface area contributed by atoms with Crippen molar-refractivity contribution < 1.29 is 23.8 Å². The zero-order chi connectivity index (χ0) is 16.8. The second-order valence-electron chi connectivity index (χ2n) is 5.31. The lowest BCUT2D eigenvalue weighted by Gasteiger charge is -2.23. The van der Waals surface area contributed by atoms with Gasteiger partial charge in [0, 0.05) is 23.7 Å². The van der Waals surface area contributed by atoms with Gasteiger partial charge < -0.3 is 24.8 Å². The summed E-state index contributed by atoms with van der Waals surface area (Å²) in [4.78, 5) is 23.7. The van der Waals surface area contributed by atoms with Crippen LogP contribution in [0.4, 0.5) is 5.69 Å². The molecule has 7 heteroatoms. The number of methoxy groups -OCH3 is 3. The van der Waals surface area contributed by atoms with Gasteiger partial charge in [-0.2, -0.15) is 0 Å². The van der Waals surface area contributed by atoms with Crippen molar-refractivity contribution in [2.45, 2.75) is 19.3 Å². The molecule has 0 bridgehead atoms. The number of hydrogen-bond donors (Lipinski definition) is 2. The molecule has 0 heterocycles. The Kier molecular flexibility index (Phi) is 5.67. The molecular formula is C16H22N2O5. The van der Waals surface area contributed by atoms with Crippen molar-refractivity contribution >= 4 is 17.5 Å². The van der Waals surface area contributed by atoms with Gasteiger partial charge in [0.2, 0.25) is 17.6 Å². The van der Waals surface area contributed by atoms with Crippen molar-refractivity contribution in [2.24, 2.45) is 5.92 Å². The fourth-order valence-corrected chi connectivity index (χ4v) is 2.34. The van der Waals surface area contributed by atoms with E-state index < -0.39 is 0 Å². The first-order valence-corrected chi connectivity index (χ1v) is 7.46. The molecule has 0 aliphatic heterocycles. The van der Waals surface area contributed by atoms with Gasteiger partial charge in [-0.1, -0.05) is 6.42 Å². The average molecular weight is 322 g/mol. The molecule has 1 fully saturated rings. The summed E-state index contributed by atoms with van der Waals surface area (Å²) >= 11 is 0. The van der Waals surface area contributed by atoms with Crippen LogP contribution in [-0.2, 0) is 9.59 Å². The lowest BCUT2D eigenvalue weighted by atomic mass is 9.85. The summed E-state index contributed by atoms with van der Waals surface area (Å²) in [7, 11) is 4.51. The van der Waals surface area contributed by atoms with Crippen molar-refractivity contribution in [1.82, 2.24) is 5.32 Å². The highest BCUT2D eigenvalue weighted by molar-refractivity contribution is 5.95. The van der Waals surface area contributed by atoms with Crippen molar-refractivity contribution in [3.63, 3.8) is 0 Å². The lowest BCUT2D eigenvalue weighted by Crippen LogP contribution is -2.39. The summed E-state index contributed by atoms with van der Waals surface area (Å²) in [6.45, 7) is -0.0635.